The molecule has 0 N–H and O–H groups in total. The van der Waals surface area contributed by atoms with Gasteiger partial charge in [-0.25, -0.2) is 0 Å². The topological polar surface area (TPSA) is 12.5 Å². The Morgan fingerprint density at radius 3 is 2.14 bits per heavy atom. The van der Waals surface area contributed by atoms with Crippen LogP contribution in [0.25, 0.3) is 0 Å². The molecule has 0 aromatic heterocycles. The van der Waals surface area contributed by atoms with E-state index < -0.39 is 0 Å². The molecule has 0 unspecified atom stereocenters. The number of ether oxygens (including phenoxy) is 1. The Balaban J connectivity index is 2.12. The van der Waals surface area contributed by atoms with Gasteiger partial charge in [0.1, 0.15) is 0 Å². The number of rotatable bonds is 0. The first-order chi connectivity index (χ1) is 3.39. The van der Waals surface area contributed by atoms with Crippen LogP contribution in [0.2, 0.25) is 0 Å². The van der Waals surface area contributed by atoms with Gasteiger partial charge in [-0.2, -0.15) is 0 Å². The molecule has 0 spiro atoms. The first-order valence-corrected chi connectivity index (χ1v) is 3.25. The predicted molar refractivity (Wildman–Crippen MR) is 29.5 cm³/mol. The van der Waals surface area contributed by atoms with Gasteiger partial charge in [-0.1, -0.05) is 0 Å². The summed E-state index contributed by atoms with van der Waals surface area (Å²) >= 11 is 2.52. The zero-order valence-corrected chi connectivity index (χ0v) is 6.01. The molecule has 0 aliphatic carbocycles. The standard InChI is InChI=1S/C4H9NOSe/c7-5-1-3-6-4-2-5/h7H,1-4H2. The van der Waals surface area contributed by atoms with Crippen LogP contribution in [-0.2, 0) is 4.74 Å². The molecule has 0 aromatic carbocycles. The molecule has 1 aliphatic heterocycles. The van der Waals surface area contributed by atoms with Crippen molar-refractivity contribution in [1.29, 1.82) is 0 Å². The third-order valence-corrected chi connectivity index (χ3v) is 1.83. The van der Waals surface area contributed by atoms with E-state index in [9.17, 15) is 0 Å². The predicted octanol–water partition coefficient (Wildman–Crippen LogP) is -0.866. The molecule has 7 heavy (non-hydrogen) atoms. The van der Waals surface area contributed by atoms with Gasteiger partial charge in [0.2, 0.25) is 0 Å². The summed E-state index contributed by atoms with van der Waals surface area (Å²) in [6, 6.07) is 0. The van der Waals surface area contributed by atoms with Gasteiger partial charge >= 0.3 is 51.2 Å². The van der Waals surface area contributed by atoms with Gasteiger partial charge in [-0.05, 0) is 0 Å². The molecule has 0 bridgehead atoms. The second-order valence-electron chi connectivity index (χ2n) is 1.57. The summed E-state index contributed by atoms with van der Waals surface area (Å²) in [5.74, 6) is 0. The minimum atomic E-state index is 0.898. The van der Waals surface area contributed by atoms with E-state index in [1.165, 1.54) is 0 Å². The van der Waals surface area contributed by atoms with Crippen LogP contribution < -0.4 is 0 Å². The van der Waals surface area contributed by atoms with E-state index in [2.05, 4.69) is 20.1 Å². The Hall–Kier alpha value is 0.439. The van der Waals surface area contributed by atoms with Crippen LogP contribution in [0.4, 0.5) is 0 Å². The van der Waals surface area contributed by atoms with Crippen LogP contribution in [0, 0.1) is 0 Å². The number of hydrogen-bond donors (Lipinski definition) is 0. The van der Waals surface area contributed by atoms with E-state index in [1.54, 1.807) is 0 Å². The quantitative estimate of drug-likeness (QED) is 0.434. The molecular formula is C4H9NOSe. The third-order valence-electron chi connectivity index (χ3n) is 0.987. The molecule has 1 rings (SSSR count). The Morgan fingerprint density at radius 1 is 1.29 bits per heavy atom. The Morgan fingerprint density at radius 2 is 1.86 bits per heavy atom. The molecule has 0 amide bonds. The maximum absolute atomic E-state index is 5.09. The zero-order valence-electron chi connectivity index (χ0n) is 4.13. The fourth-order valence-electron chi connectivity index (χ4n) is 0.554. The molecule has 0 atom stereocenters. The van der Waals surface area contributed by atoms with Gasteiger partial charge in [0.25, 0.3) is 0 Å². The van der Waals surface area contributed by atoms with E-state index in [0.717, 1.165) is 26.3 Å². The monoisotopic (exact) mass is 167 g/mol. The van der Waals surface area contributed by atoms with Crippen LogP contribution in [0.15, 0.2) is 0 Å². The van der Waals surface area contributed by atoms with Crippen molar-refractivity contribution in [3.8, 4) is 0 Å². The summed E-state index contributed by atoms with van der Waals surface area (Å²) in [7, 11) is 0. The summed E-state index contributed by atoms with van der Waals surface area (Å²) < 4.78 is 7.29. The number of hydrogen-bond acceptors (Lipinski definition) is 2. The van der Waals surface area contributed by atoms with Crippen molar-refractivity contribution in [2.24, 2.45) is 0 Å². The van der Waals surface area contributed by atoms with E-state index in [4.69, 9.17) is 4.74 Å². The van der Waals surface area contributed by atoms with Crippen molar-refractivity contribution in [2.75, 3.05) is 26.3 Å². The summed E-state index contributed by atoms with van der Waals surface area (Å²) in [6.45, 7) is 3.93. The van der Waals surface area contributed by atoms with Gasteiger partial charge in [0, 0.05) is 0 Å². The average Bonchev–Trinajstić information content (AvgIpc) is 1.69. The normalized spacial score (nSPS) is 25.3. The fourth-order valence-corrected chi connectivity index (χ4v) is 0.896. The molecule has 0 saturated carbocycles. The van der Waals surface area contributed by atoms with Gasteiger partial charge in [-0.3, -0.25) is 0 Å². The summed E-state index contributed by atoms with van der Waals surface area (Å²) in [5.41, 5.74) is 0. The molecule has 42 valence electrons. The van der Waals surface area contributed by atoms with Crippen LogP contribution in [0.5, 0.6) is 0 Å². The maximum atomic E-state index is 5.09. The molecule has 1 fully saturated rings. The molecule has 1 saturated heterocycles. The molecule has 3 heteroatoms. The average molecular weight is 166 g/mol. The second kappa shape index (κ2) is 2.68. The minimum absolute atomic E-state index is 0.898. The van der Waals surface area contributed by atoms with Gasteiger partial charge in [-0.15, -0.1) is 0 Å². The Kier molecular flexibility index (Phi) is 2.13. The second-order valence-corrected chi connectivity index (χ2v) is 2.75. The number of morpholine rings is 1. The summed E-state index contributed by atoms with van der Waals surface area (Å²) in [4.78, 5) is 0. The van der Waals surface area contributed by atoms with Gasteiger partial charge < -0.3 is 0 Å². The van der Waals surface area contributed by atoms with E-state index in [-0.39, 0.29) is 0 Å². The van der Waals surface area contributed by atoms with Gasteiger partial charge in [0.15, 0.2) is 0 Å². The molecule has 2 nitrogen and oxygen atoms in total. The first-order valence-electron chi connectivity index (χ1n) is 2.41. The van der Waals surface area contributed by atoms with Crippen molar-refractivity contribution in [3.63, 3.8) is 0 Å². The molecule has 0 aromatic rings. The summed E-state index contributed by atoms with van der Waals surface area (Å²) in [5, 5.41) is 0. The van der Waals surface area contributed by atoms with Crippen LogP contribution in [-0.4, -0.2) is 46.5 Å². The Labute approximate surface area is 51.8 Å². The van der Waals surface area contributed by atoms with Crippen molar-refractivity contribution in [3.05, 3.63) is 0 Å². The molecule has 1 heterocycles. The third kappa shape index (κ3) is 1.78. The SMILES string of the molecule is [SeH]N1CCOCC1. The van der Waals surface area contributed by atoms with Crippen molar-refractivity contribution in [1.82, 2.24) is 3.92 Å². The summed E-state index contributed by atoms with van der Waals surface area (Å²) in [6.07, 6.45) is 0. The van der Waals surface area contributed by atoms with E-state index in [0.29, 0.717) is 0 Å². The zero-order chi connectivity index (χ0) is 5.11. The van der Waals surface area contributed by atoms with Crippen molar-refractivity contribution in [2.45, 2.75) is 0 Å². The first kappa shape index (κ1) is 5.57. The van der Waals surface area contributed by atoms with Crippen molar-refractivity contribution >= 4 is 16.2 Å². The van der Waals surface area contributed by atoms with Crippen LogP contribution in [0.1, 0.15) is 0 Å². The number of nitrogens with zero attached hydrogens (tertiary/aromatic N) is 1. The molecule has 0 radical (unpaired) electrons. The Bertz CT molecular complexity index is 53.7. The van der Waals surface area contributed by atoms with Crippen molar-refractivity contribution < 1.29 is 4.74 Å². The van der Waals surface area contributed by atoms with Crippen LogP contribution in [0.3, 0.4) is 0 Å². The van der Waals surface area contributed by atoms with E-state index in [1.807, 2.05) is 0 Å². The van der Waals surface area contributed by atoms with Gasteiger partial charge in [0.05, 0.1) is 0 Å². The molecule has 1 aliphatic rings. The van der Waals surface area contributed by atoms with Crippen LogP contribution >= 0.6 is 0 Å². The fraction of sp³-hybridized carbons (Fsp3) is 1.00. The van der Waals surface area contributed by atoms with E-state index >= 15 is 0 Å². The molecular weight excluding hydrogens is 157 g/mol.